The summed E-state index contributed by atoms with van der Waals surface area (Å²) in [4.78, 5) is 23.3. The number of amides is 2. The molecule has 0 spiro atoms. The molecule has 4 heterocycles. The minimum absolute atomic E-state index is 0.222. The maximum atomic E-state index is 12.9. The van der Waals surface area contributed by atoms with Crippen molar-refractivity contribution in [1.82, 2.24) is 24.6 Å². The van der Waals surface area contributed by atoms with Crippen LogP contribution in [0.4, 0.5) is 35.3 Å². The number of rotatable bonds is 4. The van der Waals surface area contributed by atoms with Crippen molar-refractivity contribution >= 4 is 28.9 Å². The predicted octanol–water partition coefficient (Wildman–Crippen LogP) is 5.03. The Morgan fingerprint density at radius 3 is 2.57 bits per heavy atom. The van der Waals surface area contributed by atoms with E-state index < -0.39 is 17.8 Å². The Balaban J connectivity index is 1.40. The number of aromatic amines is 1. The van der Waals surface area contributed by atoms with E-state index in [1.807, 2.05) is 18.3 Å². The summed E-state index contributed by atoms with van der Waals surface area (Å²) in [6.45, 7) is 0. The molecule has 35 heavy (non-hydrogen) atoms. The topological polar surface area (TPSA) is 126 Å². The highest BCUT2D eigenvalue weighted by atomic mass is 19.4. The number of nitrogens with two attached hydrogens (primary N) is 1. The minimum Gasteiger partial charge on any atom is -0.382 e. The molecule has 0 atom stereocenters. The van der Waals surface area contributed by atoms with Gasteiger partial charge in [-0.15, -0.1) is 0 Å². The summed E-state index contributed by atoms with van der Waals surface area (Å²) in [5, 5.41) is 9.13. The molecule has 176 valence electrons. The van der Waals surface area contributed by atoms with Crippen LogP contribution in [0.25, 0.3) is 27.9 Å². The van der Waals surface area contributed by atoms with E-state index >= 15 is 0 Å². The molecule has 0 aliphatic carbocycles. The standard InChI is InChI=1S/C23H17F3N8O/c24-23(25,26)14-7-9-29-18(10-14)33-22(35)32-15-5-3-13(4-6-15)19-16(17-2-1-8-28-17)11-34-20(19)21(27)30-12-31-34/h1-12,28H,(H2,27,30,31)(H2,29,32,33,35). The molecule has 5 aromatic rings. The molecule has 4 aromatic heterocycles. The molecule has 0 aliphatic rings. The van der Waals surface area contributed by atoms with Crippen LogP contribution in [0.15, 0.2) is 73.4 Å². The third-order valence-corrected chi connectivity index (χ3v) is 5.25. The number of nitrogen functional groups attached to an aromatic ring is 1. The summed E-state index contributed by atoms with van der Waals surface area (Å²) in [6.07, 6.45) is 1.46. The summed E-state index contributed by atoms with van der Waals surface area (Å²) in [7, 11) is 0. The minimum atomic E-state index is -4.54. The smallest absolute Gasteiger partial charge is 0.382 e. The number of urea groups is 1. The molecule has 0 unspecified atom stereocenters. The number of nitrogens with one attached hydrogen (secondary N) is 3. The molecular formula is C23H17F3N8O. The molecule has 0 aliphatic heterocycles. The van der Waals surface area contributed by atoms with Crippen LogP contribution >= 0.6 is 0 Å². The van der Waals surface area contributed by atoms with Gasteiger partial charge < -0.3 is 16.0 Å². The molecule has 5 N–H and O–H groups in total. The normalized spacial score (nSPS) is 11.5. The first-order valence-corrected chi connectivity index (χ1v) is 10.3. The number of alkyl halides is 3. The van der Waals surface area contributed by atoms with E-state index in [1.165, 1.54) is 6.33 Å². The van der Waals surface area contributed by atoms with Crippen LogP contribution < -0.4 is 16.4 Å². The Kier molecular flexibility index (Phi) is 5.32. The molecule has 0 radical (unpaired) electrons. The molecule has 0 saturated carbocycles. The number of nitrogens with zero attached hydrogens (tertiary/aromatic N) is 4. The van der Waals surface area contributed by atoms with Gasteiger partial charge >= 0.3 is 12.2 Å². The number of fused-ring (bicyclic) bond motifs is 1. The number of halogens is 3. The average Bonchev–Trinajstić information content (AvgIpc) is 3.48. The summed E-state index contributed by atoms with van der Waals surface area (Å²) in [6, 6.07) is 11.5. The van der Waals surface area contributed by atoms with Gasteiger partial charge in [0.15, 0.2) is 5.82 Å². The zero-order valence-corrected chi connectivity index (χ0v) is 17.8. The zero-order chi connectivity index (χ0) is 24.6. The Morgan fingerprint density at radius 1 is 1.06 bits per heavy atom. The van der Waals surface area contributed by atoms with Crippen molar-refractivity contribution in [3.63, 3.8) is 0 Å². The number of hydrogen-bond donors (Lipinski definition) is 4. The van der Waals surface area contributed by atoms with E-state index in [2.05, 4.69) is 30.7 Å². The lowest BCUT2D eigenvalue weighted by atomic mass is 10.0. The van der Waals surface area contributed by atoms with Crippen LogP contribution in [0.3, 0.4) is 0 Å². The molecule has 5 rings (SSSR count). The van der Waals surface area contributed by atoms with Crippen molar-refractivity contribution in [2.75, 3.05) is 16.4 Å². The lowest BCUT2D eigenvalue weighted by molar-refractivity contribution is -0.137. The van der Waals surface area contributed by atoms with Gasteiger partial charge in [-0.1, -0.05) is 12.1 Å². The fraction of sp³-hybridized carbons (Fsp3) is 0.0435. The molecule has 9 nitrogen and oxygen atoms in total. The fourth-order valence-corrected chi connectivity index (χ4v) is 3.70. The van der Waals surface area contributed by atoms with E-state index in [1.54, 1.807) is 35.0 Å². The highest BCUT2D eigenvalue weighted by Crippen LogP contribution is 2.38. The Labute approximate surface area is 195 Å². The van der Waals surface area contributed by atoms with Gasteiger partial charge in [-0.2, -0.15) is 18.3 Å². The second kappa shape index (κ2) is 8.48. The van der Waals surface area contributed by atoms with Gasteiger partial charge in [0.1, 0.15) is 17.7 Å². The molecule has 0 fully saturated rings. The van der Waals surface area contributed by atoms with Gasteiger partial charge in [0.25, 0.3) is 0 Å². The molecule has 0 saturated heterocycles. The van der Waals surface area contributed by atoms with Crippen LogP contribution in [-0.2, 0) is 6.18 Å². The Morgan fingerprint density at radius 2 is 1.86 bits per heavy atom. The van der Waals surface area contributed by atoms with E-state index in [0.29, 0.717) is 17.0 Å². The first-order chi connectivity index (χ1) is 16.8. The van der Waals surface area contributed by atoms with Crippen molar-refractivity contribution in [3.05, 3.63) is 79.0 Å². The second-order valence-corrected chi connectivity index (χ2v) is 7.52. The number of pyridine rings is 1. The number of carbonyl (C=O) groups is 1. The van der Waals surface area contributed by atoms with Crippen molar-refractivity contribution < 1.29 is 18.0 Å². The highest BCUT2D eigenvalue weighted by Gasteiger charge is 2.30. The van der Waals surface area contributed by atoms with Gasteiger partial charge in [0, 0.05) is 41.1 Å². The maximum absolute atomic E-state index is 12.9. The molecule has 1 aromatic carbocycles. The van der Waals surface area contributed by atoms with Crippen LogP contribution in [0.5, 0.6) is 0 Å². The lowest BCUT2D eigenvalue weighted by Gasteiger charge is -2.11. The van der Waals surface area contributed by atoms with Gasteiger partial charge in [-0.05, 0) is 42.0 Å². The average molecular weight is 478 g/mol. The van der Waals surface area contributed by atoms with Gasteiger partial charge in [-0.25, -0.2) is 19.3 Å². The number of hydrogen-bond acceptors (Lipinski definition) is 5. The molecule has 2 amide bonds. The third kappa shape index (κ3) is 4.36. The zero-order valence-electron chi connectivity index (χ0n) is 17.8. The molecular weight excluding hydrogens is 461 g/mol. The van der Waals surface area contributed by atoms with E-state index in [4.69, 9.17) is 5.73 Å². The summed E-state index contributed by atoms with van der Waals surface area (Å²) >= 11 is 0. The molecule has 0 bridgehead atoms. The van der Waals surface area contributed by atoms with Gasteiger partial charge in [0.05, 0.1) is 5.56 Å². The van der Waals surface area contributed by atoms with Gasteiger partial charge in [-0.3, -0.25) is 5.32 Å². The Hall–Kier alpha value is -4.87. The molecule has 12 heteroatoms. The lowest BCUT2D eigenvalue weighted by Crippen LogP contribution is -2.20. The van der Waals surface area contributed by atoms with Crippen LogP contribution in [0.1, 0.15) is 5.56 Å². The van der Waals surface area contributed by atoms with Crippen molar-refractivity contribution in [1.29, 1.82) is 0 Å². The largest absolute Gasteiger partial charge is 0.416 e. The summed E-state index contributed by atoms with van der Waals surface area (Å²) in [5.41, 5.74) is 9.60. The predicted molar refractivity (Wildman–Crippen MR) is 125 cm³/mol. The third-order valence-electron chi connectivity index (χ3n) is 5.25. The first kappa shape index (κ1) is 21.9. The highest BCUT2D eigenvalue weighted by molar-refractivity contribution is 6.00. The van der Waals surface area contributed by atoms with Crippen LogP contribution in [0.2, 0.25) is 0 Å². The number of anilines is 3. The number of H-pyrrole nitrogens is 1. The quantitative estimate of drug-likeness (QED) is 0.288. The maximum Gasteiger partial charge on any atom is 0.416 e. The van der Waals surface area contributed by atoms with Crippen LogP contribution in [0, 0.1) is 0 Å². The SMILES string of the molecule is Nc1ncnn2cc(-c3ccc[nH]3)c(-c3ccc(NC(=O)Nc4cc(C(F)(F)F)ccn4)cc3)c12. The van der Waals surface area contributed by atoms with Crippen molar-refractivity contribution in [2.45, 2.75) is 6.18 Å². The fourth-order valence-electron chi connectivity index (χ4n) is 3.70. The van der Waals surface area contributed by atoms with E-state index in [0.717, 1.165) is 40.7 Å². The van der Waals surface area contributed by atoms with E-state index in [-0.39, 0.29) is 5.82 Å². The monoisotopic (exact) mass is 478 g/mol. The first-order valence-electron chi connectivity index (χ1n) is 10.3. The number of benzene rings is 1. The van der Waals surface area contributed by atoms with E-state index in [9.17, 15) is 18.0 Å². The summed E-state index contributed by atoms with van der Waals surface area (Å²) < 4.78 is 40.3. The Bertz CT molecular complexity index is 1510. The van der Waals surface area contributed by atoms with Gasteiger partial charge in [0.2, 0.25) is 0 Å². The van der Waals surface area contributed by atoms with Crippen molar-refractivity contribution in [3.8, 4) is 22.4 Å². The second-order valence-electron chi connectivity index (χ2n) is 7.52. The van der Waals surface area contributed by atoms with Crippen LogP contribution in [-0.4, -0.2) is 30.6 Å². The number of carbonyl (C=O) groups excluding carboxylic acids is 1. The summed E-state index contributed by atoms with van der Waals surface area (Å²) in [5.74, 6) is 0.0864. The van der Waals surface area contributed by atoms with Crippen molar-refractivity contribution in [2.24, 2.45) is 0 Å². The number of aromatic nitrogens is 5.